The van der Waals surface area contributed by atoms with Gasteiger partial charge in [-0.2, -0.15) is 13.2 Å². The second kappa shape index (κ2) is 4.64. The Balaban J connectivity index is 2.16. The lowest BCUT2D eigenvalue weighted by Crippen LogP contribution is -2.04. The Morgan fingerprint density at radius 2 is 1.72 bits per heavy atom. The Bertz CT molecular complexity index is 535. The summed E-state index contributed by atoms with van der Waals surface area (Å²) in [7, 11) is 0. The predicted octanol–water partition coefficient (Wildman–Crippen LogP) is 3.55. The van der Waals surface area contributed by atoms with Gasteiger partial charge in [0.2, 0.25) is 5.95 Å². The molecule has 0 aliphatic carbocycles. The van der Waals surface area contributed by atoms with Crippen molar-refractivity contribution in [1.82, 2.24) is 9.97 Å². The van der Waals surface area contributed by atoms with Crippen molar-refractivity contribution in [2.24, 2.45) is 0 Å². The molecule has 0 amide bonds. The third kappa shape index (κ3) is 2.97. The first kappa shape index (κ1) is 12.3. The van der Waals surface area contributed by atoms with Gasteiger partial charge in [0.1, 0.15) is 0 Å². The molecule has 18 heavy (non-hydrogen) atoms. The largest absolute Gasteiger partial charge is 0.416 e. The molecule has 0 bridgehead atoms. The first-order valence-corrected chi connectivity index (χ1v) is 5.19. The van der Waals surface area contributed by atoms with Gasteiger partial charge in [0.05, 0.1) is 5.56 Å². The van der Waals surface area contributed by atoms with E-state index in [9.17, 15) is 13.2 Å². The van der Waals surface area contributed by atoms with E-state index in [0.29, 0.717) is 11.6 Å². The second-order valence-corrected chi connectivity index (χ2v) is 3.72. The molecule has 0 saturated heterocycles. The molecule has 0 atom stereocenters. The van der Waals surface area contributed by atoms with Crippen molar-refractivity contribution in [3.8, 4) is 0 Å². The minimum atomic E-state index is -4.32. The molecular formula is C12H10F3N3. The van der Waals surface area contributed by atoms with Gasteiger partial charge in [-0.05, 0) is 37.3 Å². The average Bonchev–Trinajstić information content (AvgIpc) is 2.28. The quantitative estimate of drug-likeness (QED) is 0.889. The molecule has 2 rings (SSSR count). The fourth-order valence-electron chi connectivity index (χ4n) is 1.38. The first-order chi connectivity index (χ1) is 8.45. The van der Waals surface area contributed by atoms with Crippen LogP contribution in [0.15, 0.2) is 36.5 Å². The van der Waals surface area contributed by atoms with Gasteiger partial charge in [0.15, 0.2) is 0 Å². The summed E-state index contributed by atoms with van der Waals surface area (Å²) < 4.78 is 37.1. The first-order valence-electron chi connectivity index (χ1n) is 5.19. The Morgan fingerprint density at radius 3 is 2.28 bits per heavy atom. The number of benzene rings is 1. The average molecular weight is 253 g/mol. The van der Waals surface area contributed by atoms with Crippen LogP contribution in [-0.4, -0.2) is 9.97 Å². The van der Waals surface area contributed by atoms with Gasteiger partial charge in [0, 0.05) is 17.6 Å². The van der Waals surface area contributed by atoms with Gasteiger partial charge in [-0.3, -0.25) is 0 Å². The van der Waals surface area contributed by atoms with Crippen molar-refractivity contribution in [3.05, 3.63) is 47.8 Å². The SMILES string of the molecule is Cc1ccnc(Nc2ccc(C(F)(F)F)cc2)n1. The third-order valence-corrected chi connectivity index (χ3v) is 2.26. The molecule has 0 spiro atoms. The third-order valence-electron chi connectivity index (χ3n) is 2.26. The topological polar surface area (TPSA) is 37.8 Å². The van der Waals surface area contributed by atoms with Gasteiger partial charge in [-0.25, -0.2) is 9.97 Å². The summed E-state index contributed by atoms with van der Waals surface area (Å²) in [4.78, 5) is 8.06. The highest BCUT2D eigenvalue weighted by molar-refractivity contribution is 5.53. The van der Waals surface area contributed by atoms with Crippen molar-refractivity contribution in [2.75, 3.05) is 5.32 Å². The summed E-state index contributed by atoms with van der Waals surface area (Å²) >= 11 is 0. The molecule has 3 nitrogen and oxygen atoms in total. The lowest BCUT2D eigenvalue weighted by Gasteiger charge is -2.08. The molecule has 1 aromatic carbocycles. The van der Waals surface area contributed by atoms with E-state index in [1.54, 1.807) is 19.2 Å². The highest BCUT2D eigenvalue weighted by Gasteiger charge is 2.29. The fraction of sp³-hybridized carbons (Fsp3) is 0.167. The number of aryl methyl sites for hydroxylation is 1. The number of rotatable bonds is 2. The minimum absolute atomic E-state index is 0.356. The van der Waals surface area contributed by atoms with E-state index in [-0.39, 0.29) is 0 Å². The van der Waals surface area contributed by atoms with Crippen LogP contribution in [0.3, 0.4) is 0 Å². The van der Waals surface area contributed by atoms with Gasteiger partial charge < -0.3 is 5.32 Å². The summed E-state index contributed by atoms with van der Waals surface area (Å²) in [6.07, 6.45) is -2.74. The zero-order chi connectivity index (χ0) is 13.2. The maximum atomic E-state index is 12.4. The van der Waals surface area contributed by atoms with E-state index < -0.39 is 11.7 Å². The molecule has 0 aliphatic heterocycles. The lowest BCUT2D eigenvalue weighted by atomic mass is 10.2. The number of aromatic nitrogens is 2. The maximum Gasteiger partial charge on any atom is 0.416 e. The summed E-state index contributed by atoms with van der Waals surface area (Å²) in [5.41, 5.74) is 0.603. The van der Waals surface area contributed by atoms with E-state index in [1.165, 1.54) is 12.1 Å². The van der Waals surface area contributed by atoms with E-state index in [2.05, 4.69) is 15.3 Å². The van der Waals surface area contributed by atoms with E-state index in [0.717, 1.165) is 17.8 Å². The number of hydrogen-bond acceptors (Lipinski definition) is 3. The molecule has 0 radical (unpaired) electrons. The molecule has 0 fully saturated rings. The predicted molar refractivity (Wildman–Crippen MR) is 61.5 cm³/mol. The van der Waals surface area contributed by atoms with Crippen LogP contribution >= 0.6 is 0 Å². The van der Waals surface area contributed by atoms with Crippen LogP contribution in [0.2, 0.25) is 0 Å². The lowest BCUT2D eigenvalue weighted by molar-refractivity contribution is -0.137. The van der Waals surface area contributed by atoms with E-state index in [4.69, 9.17) is 0 Å². The number of nitrogens with one attached hydrogen (secondary N) is 1. The highest BCUT2D eigenvalue weighted by Crippen LogP contribution is 2.30. The molecule has 1 N–H and O–H groups in total. The molecule has 1 heterocycles. The minimum Gasteiger partial charge on any atom is -0.324 e. The van der Waals surface area contributed by atoms with Crippen LogP contribution in [0.5, 0.6) is 0 Å². The summed E-state index contributed by atoms with van der Waals surface area (Å²) in [5, 5.41) is 2.83. The van der Waals surface area contributed by atoms with Gasteiger partial charge in [-0.1, -0.05) is 0 Å². The van der Waals surface area contributed by atoms with Crippen molar-refractivity contribution >= 4 is 11.6 Å². The van der Waals surface area contributed by atoms with Gasteiger partial charge in [-0.15, -0.1) is 0 Å². The number of halogens is 3. The number of anilines is 2. The van der Waals surface area contributed by atoms with Crippen molar-refractivity contribution in [3.63, 3.8) is 0 Å². The zero-order valence-electron chi connectivity index (χ0n) is 9.49. The van der Waals surface area contributed by atoms with Crippen molar-refractivity contribution in [2.45, 2.75) is 13.1 Å². The van der Waals surface area contributed by atoms with Crippen LogP contribution < -0.4 is 5.32 Å². The molecule has 0 saturated carbocycles. The monoisotopic (exact) mass is 253 g/mol. The summed E-state index contributed by atoms with van der Waals surface area (Å²) in [6, 6.07) is 6.44. The fourth-order valence-corrected chi connectivity index (χ4v) is 1.38. The van der Waals surface area contributed by atoms with Crippen molar-refractivity contribution in [1.29, 1.82) is 0 Å². The molecule has 0 unspecified atom stereocenters. The molecule has 2 aromatic rings. The van der Waals surface area contributed by atoms with Crippen LogP contribution in [0, 0.1) is 6.92 Å². The Labute approximate surface area is 102 Å². The molecule has 0 aliphatic rings. The van der Waals surface area contributed by atoms with Gasteiger partial charge in [0.25, 0.3) is 0 Å². The molecule has 94 valence electrons. The number of hydrogen-bond donors (Lipinski definition) is 1. The highest BCUT2D eigenvalue weighted by atomic mass is 19.4. The van der Waals surface area contributed by atoms with Crippen LogP contribution in [-0.2, 0) is 6.18 Å². The van der Waals surface area contributed by atoms with Crippen LogP contribution in [0.25, 0.3) is 0 Å². The van der Waals surface area contributed by atoms with E-state index >= 15 is 0 Å². The smallest absolute Gasteiger partial charge is 0.324 e. The summed E-state index contributed by atoms with van der Waals surface area (Å²) in [6.45, 7) is 1.81. The Hall–Kier alpha value is -2.11. The van der Waals surface area contributed by atoms with Crippen LogP contribution in [0.4, 0.5) is 24.8 Å². The molecular weight excluding hydrogens is 243 g/mol. The molecule has 6 heteroatoms. The second-order valence-electron chi connectivity index (χ2n) is 3.72. The number of alkyl halides is 3. The zero-order valence-corrected chi connectivity index (χ0v) is 9.49. The standard InChI is InChI=1S/C12H10F3N3/c1-8-6-7-16-11(17-8)18-10-4-2-9(3-5-10)12(13,14)15/h2-7H,1H3,(H,16,17,18). The number of nitrogens with zero attached hydrogens (tertiary/aromatic N) is 2. The molecule has 1 aromatic heterocycles. The normalized spacial score (nSPS) is 11.3. The van der Waals surface area contributed by atoms with Crippen molar-refractivity contribution < 1.29 is 13.2 Å². The Morgan fingerprint density at radius 1 is 1.06 bits per heavy atom. The van der Waals surface area contributed by atoms with E-state index in [1.807, 2.05) is 0 Å². The Kier molecular flexibility index (Phi) is 3.18. The van der Waals surface area contributed by atoms with Crippen LogP contribution in [0.1, 0.15) is 11.3 Å². The summed E-state index contributed by atoms with van der Waals surface area (Å²) in [5.74, 6) is 0.356. The maximum absolute atomic E-state index is 12.4. The van der Waals surface area contributed by atoms with Gasteiger partial charge >= 0.3 is 6.18 Å².